The van der Waals surface area contributed by atoms with Gasteiger partial charge in [0.25, 0.3) is 5.91 Å². The minimum atomic E-state index is -0.580. The summed E-state index contributed by atoms with van der Waals surface area (Å²) in [7, 11) is 1.29. The van der Waals surface area contributed by atoms with E-state index < -0.39 is 11.9 Å². The molecule has 0 saturated carbocycles. The van der Waals surface area contributed by atoms with Crippen molar-refractivity contribution in [2.45, 2.75) is 19.8 Å². The highest BCUT2D eigenvalue weighted by Gasteiger charge is 2.20. The molecule has 1 aliphatic heterocycles. The van der Waals surface area contributed by atoms with Crippen LogP contribution in [0.2, 0.25) is 0 Å². The maximum absolute atomic E-state index is 12.8. The van der Waals surface area contributed by atoms with Crippen LogP contribution < -0.4 is 10.1 Å². The average Bonchev–Trinajstić information content (AvgIpc) is 3.25. The molecular weight excluding hydrogens is 454 g/mol. The molecule has 3 rings (SSSR count). The largest absolute Gasteiger partial charge is 0.492 e. The number of methoxy groups -OCH3 is 1. The van der Waals surface area contributed by atoms with Crippen molar-refractivity contribution in [2.24, 2.45) is 0 Å². The Morgan fingerprint density at radius 3 is 2.65 bits per heavy atom. The molecule has 0 spiro atoms. The number of hydrogen-bond acceptors (Lipinski definition) is 8. The van der Waals surface area contributed by atoms with Crippen LogP contribution in [0.3, 0.4) is 0 Å². The van der Waals surface area contributed by atoms with Crippen molar-refractivity contribution in [3.63, 3.8) is 0 Å². The summed E-state index contributed by atoms with van der Waals surface area (Å²) in [6.07, 6.45) is 3.20. The molecule has 0 unspecified atom stereocenters. The Balaban J connectivity index is 1.62. The molecule has 1 aliphatic rings. The molecule has 1 N–H and O–H groups in total. The summed E-state index contributed by atoms with van der Waals surface area (Å²) in [6.45, 7) is 6.78. The number of rotatable bonds is 10. The van der Waals surface area contributed by atoms with Crippen LogP contribution >= 0.6 is 11.3 Å². The van der Waals surface area contributed by atoms with Crippen molar-refractivity contribution in [3.8, 4) is 11.8 Å². The Morgan fingerprint density at radius 2 is 2.00 bits per heavy atom. The van der Waals surface area contributed by atoms with Crippen LogP contribution in [-0.2, 0) is 20.7 Å². The number of morpholine rings is 1. The maximum Gasteiger partial charge on any atom is 0.340 e. The number of carbonyl (C=O) groups excluding carboxylic acids is 2. The van der Waals surface area contributed by atoms with Gasteiger partial charge in [-0.3, -0.25) is 9.69 Å². The van der Waals surface area contributed by atoms with E-state index in [1.54, 1.807) is 18.2 Å². The van der Waals surface area contributed by atoms with Crippen LogP contribution in [0.4, 0.5) is 5.00 Å². The first-order chi connectivity index (χ1) is 16.5. The lowest BCUT2D eigenvalue weighted by Crippen LogP contribution is -2.38. The Morgan fingerprint density at radius 1 is 1.26 bits per heavy atom. The van der Waals surface area contributed by atoms with Gasteiger partial charge in [0.05, 0.1) is 25.9 Å². The summed E-state index contributed by atoms with van der Waals surface area (Å²) in [4.78, 5) is 28.1. The fraction of sp³-hybridized carbons (Fsp3) is 0.400. The molecule has 1 aromatic heterocycles. The standard InChI is InChI=1S/C25H29N3O5S/c1-3-4-21-16-22(25(30)31-2)24(34-21)27-23(29)19(17-26)15-18-5-7-20(8-6-18)33-14-11-28-9-12-32-13-10-28/h5-8,15-16H,3-4,9-14H2,1-2H3,(H,27,29)/b19-15+. The van der Waals surface area contributed by atoms with Crippen LogP contribution in [0.25, 0.3) is 6.08 Å². The number of esters is 1. The Kier molecular flexibility index (Phi) is 9.64. The second-order valence-electron chi connectivity index (χ2n) is 7.69. The van der Waals surface area contributed by atoms with Crippen LogP contribution in [-0.4, -0.2) is 63.3 Å². The number of hydrogen-bond donors (Lipinski definition) is 1. The normalized spacial score (nSPS) is 14.3. The number of amides is 1. The van der Waals surface area contributed by atoms with Gasteiger partial charge in [0.2, 0.25) is 0 Å². The number of anilines is 1. The van der Waals surface area contributed by atoms with Gasteiger partial charge in [-0.25, -0.2) is 4.79 Å². The molecule has 1 amide bonds. The number of nitrogens with one attached hydrogen (secondary N) is 1. The molecule has 8 nitrogen and oxygen atoms in total. The van der Waals surface area contributed by atoms with E-state index in [4.69, 9.17) is 14.2 Å². The SMILES string of the molecule is CCCc1cc(C(=O)OC)c(NC(=O)/C(C#N)=C/c2ccc(OCCN3CCOCC3)cc2)s1. The van der Waals surface area contributed by atoms with Crippen molar-refractivity contribution >= 4 is 34.3 Å². The lowest BCUT2D eigenvalue weighted by atomic mass is 10.1. The summed E-state index contributed by atoms with van der Waals surface area (Å²) in [5.74, 6) is -0.387. The van der Waals surface area contributed by atoms with E-state index >= 15 is 0 Å². The average molecular weight is 484 g/mol. The summed E-state index contributed by atoms with van der Waals surface area (Å²) in [6, 6.07) is 10.9. The first kappa shape index (κ1) is 25.4. The first-order valence-electron chi connectivity index (χ1n) is 11.2. The fourth-order valence-corrected chi connectivity index (χ4v) is 4.57. The topological polar surface area (TPSA) is 101 Å². The lowest BCUT2D eigenvalue weighted by Gasteiger charge is -2.26. The van der Waals surface area contributed by atoms with Gasteiger partial charge in [-0.05, 0) is 36.3 Å². The lowest BCUT2D eigenvalue weighted by molar-refractivity contribution is -0.112. The number of benzene rings is 1. The predicted octanol–water partition coefficient (Wildman–Crippen LogP) is 3.74. The third kappa shape index (κ3) is 7.15. The number of nitrogens with zero attached hydrogens (tertiary/aromatic N) is 2. The highest BCUT2D eigenvalue weighted by molar-refractivity contribution is 7.16. The zero-order valence-electron chi connectivity index (χ0n) is 19.5. The second-order valence-corrected chi connectivity index (χ2v) is 8.83. The van der Waals surface area contributed by atoms with E-state index in [1.165, 1.54) is 24.5 Å². The summed E-state index contributed by atoms with van der Waals surface area (Å²) < 4.78 is 16.0. The Bertz CT molecular complexity index is 1050. The quantitative estimate of drug-likeness (QED) is 0.312. The second kappa shape index (κ2) is 12.9. The summed E-state index contributed by atoms with van der Waals surface area (Å²) in [5, 5.41) is 12.6. The van der Waals surface area contributed by atoms with Crippen molar-refractivity contribution in [3.05, 3.63) is 51.9 Å². The zero-order chi connectivity index (χ0) is 24.3. The van der Waals surface area contributed by atoms with Crippen LogP contribution in [0.15, 0.2) is 35.9 Å². The van der Waals surface area contributed by atoms with Crippen molar-refractivity contribution in [1.82, 2.24) is 4.90 Å². The third-order valence-corrected chi connectivity index (χ3v) is 6.36. The van der Waals surface area contributed by atoms with E-state index in [0.717, 1.165) is 56.3 Å². The number of carbonyl (C=O) groups is 2. The summed E-state index contributed by atoms with van der Waals surface area (Å²) >= 11 is 1.31. The van der Waals surface area contributed by atoms with Gasteiger partial charge < -0.3 is 19.5 Å². The Labute approximate surface area is 203 Å². The van der Waals surface area contributed by atoms with Gasteiger partial charge in [0.1, 0.15) is 29.0 Å². The van der Waals surface area contributed by atoms with Gasteiger partial charge in [-0.15, -0.1) is 11.3 Å². The molecule has 34 heavy (non-hydrogen) atoms. The number of thiophene rings is 1. The Hall–Kier alpha value is -3.19. The molecule has 1 aromatic carbocycles. The summed E-state index contributed by atoms with van der Waals surface area (Å²) in [5.41, 5.74) is 0.917. The van der Waals surface area contributed by atoms with Crippen LogP contribution in [0.1, 0.15) is 34.1 Å². The van der Waals surface area contributed by atoms with E-state index in [1.807, 2.05) is 25.1 Å². The molecule has 180 valence electrons. The molecule has 2 aromatic rings. The molecule has 9 heteroatoms. The van der Waals surface area contributed by atoms with Crippen LogP contribution in [0, 0.1) is 11.3 Å². The molecule has 1 saturated heterocycles. The molecule has 0 aliphatic carbocycles. The predicted molar refractivity (Wildman–Crippen MR) is 131 cm³/mol. The van der Waals surface area contributed by atoms with Gasteiger partial charge in [-0.1, -0.05) is 25.5 Å². The fourth-order valence-electron chi connectivity index (χ4n) is 3.43. The smallest absolute Gasteiger partial charge is 0.340 e. The minimum Gasteiger partial charge on any atom is -0.492 e. The van der Waals surface area contributed by atoms with Gasteiger partial charge in [0.15, 0.2) is 0 Å². The molecular formula is C25H29N3O5S. The van der Waals surface area contributed by atoms with E-state index in [0.29, 0.717) is 22.7 Å². The van der Waals surface area contributed by atoms with E-state index in [2.05, 4.69) is 10.2 Å². The van der Waals surface area contributed by atoms with Crippen molar-refractivity contribution < 1.29 is 23.8 Å². The van der Waals surface area contributed by atoms with E-state index in [9.17, 15) is 14.9 Å². The first-order valence-corrected chi connectivity index (χ1v) is 12.0. The van der Waals surface area contributed by atoms with Crippen molar-refractivity contribution in [2.75, 3.05) is 51.9 Å². The minimum absolute atomic E-state index is 0.0674. The molecule has 0 atom stereocenters. The number of nitriles is 1. The highest BCUT2D eigenvalue weighted by atomic mass is 32.1. The van der Waals surface area contributed by atoms with Crippen LogP contribution in [0.5, 0.6) is 5.75 Å². The highest BCUT2D eigenvalue weighted by Crippen LogP contribution is 2.30. The van der Waals surface area contributed by atoms with E-state index in [-0.39, 0.29) is 5.57 Å². The molecule has 2 heterocycles. The van der Waals surface area contributed by atoms with Gasteiger partial charge in [-0.2, -0.15) is 5.26 Å². The van der Waals surface area contributed by atoms with Gasteiger partial charge in [0, 0.05) is 24.5 Å². The number of ether oxygens (including phenoxy) is 3. The molecule has 0 bridgehead atoms. The molecule has 1 fully saturated rings. The third-order valence-electron chi connectivity index (χ3n) is 5.25. The monoisotopic (exact) mass is 483 g/mol. The van der Waals surface area contributed by atoms with Gasteiger partial charge >= 0.3 is 5.97 Å². The zero-order valence-corrected chi connectivity index (χ0v) is 20.3. The number of aryl methyl sites for hydroxylation is 1. The molecule has 0 radical (unpaired) electrons. The maximum atomic E-state index is 12.8. The van der Waals surface area contributed by atoms with Crippen molar-refractivity contribution in [1.29, 1.82) is 5.26 Å².